The number of nitrogens with zero attached hydrogens (tertiary/aromatic N) is 2. The first kappa shape index (κ1) is 15.5. The molecule has 0 atom stereocenters. The molecular formula is C18H21N3O2. The van der Waals surface area contributed by atoms with Gasteiger partial charge in [-0.2, -0.15) is 5.10 Å². The lowest BCUT2D eigenvalue weighted by molar-refractivity contribution is -0.122. The van der Waals surface area contributed by atoms with Crippen molar-refractivity contribution in [2.75, 3.05) is 19.6 Å². The number of hydrogen-bond acceptors (Lipinski definition) is 4. The zero-order valence-corrected chi connectivity index (χ0v) is 13.0. The molecule has 0 radical (unpaired) electrons. The number of likely N-dealkylation sites (tertiary alicyclic amines) is 1. The van der Waals surface area contributed by atoms with Gasteiger partial charge in [-0.05, 0) is 42.8 Å². The molecular weight excluding hydrogens is 290 g/mol. The lowest BCUT2D eigenvalue weighted by Gasteiger charge is -2.25. The average Bonchev–Trinajstić information content (AvgIpc) is 2.58. The first-order valence-corrected chi connectivity index (χ1v) is 7.99. The van der Waals surface area contributed by atoms with Crippen molar-refractivity contribution in [1.29, 1.82) is 0 Å². The van der Waals surface area contributed by atoms with Crippen LogP contribution in [0.3, 0.4) is 0 Å². The van der Waals surface area contributed by atoms with Crippen molar-refractivity contribution in [2.45, 2.75) is 19.3 Å². The van der Waals surface area contributed by atoms with Gasteiger partial charge in [-0.3, -0.25) is 9.69 Å². The number of phenolic OH excluding ortho intramolecular Hbond substituents is 1. The number of carbonyl (C=O) groups is 1. The molecule has 5 heteroatoms. The van der Waals surface area contributed by atoms with Crippen molar-refractivity contribution in [3.05, 3.63) is 42.0 Å². The summed E-state index contributed by atoms with van der Waals surface area (Å²) in [5.74, 6) is 0.0283. The van der Waals surface area contributed by atoms with Crippen LogP contribution in [-0.4, -0.2) is 41.8 Å². The van der Waals surface area contributed by atoms with Gasteiger partial charge >= 0.3 is 0 Å². The molecule has 0 bridgehead atoms. The van der Waals surface area contributed by atoms with Gasteiger partial charge in [0.05, 0.1) is 12.8 Å². The van der Waals surface area contributed by atoms with E-state index in [4.69, 9.17) is 0 Å². The number of fused-ring (bicyclic) bond motifs is 1. The Morgan fingerprint density at radius 2 is 1.96 bits per heavy atom. The summed E-state index contributed by atoms with van der Waals surface area (Å²) in [5.41, 5.74) is 3.16. The molecule has 2 aromatic rings. The predicted molar refractivity (Wildman–Crippen MR) is 91.6 cm³/mol. The molecule has 1 aliphatic heterocycles. The molecule has 0 aromatic heterocycles. The van der Waals surface area contributed by atoms with Gasteiger partial charge in [0, 0.05) is 5.56 Å². The fourth-order valence-corrected chi connectivity index (χ4v) is 2.94. The van der Waals surface area contributed by atoms with E-state index in [1.165, 1.54) is 12.6 Å². The maximum Gasteiger partial charge on any atom is 0.254 e. The van der Waals surface area contributed by atoms with Crippen LogP contribution in [0.5, 0.6) is 5.75 Å². The highest BCUT2D eigenvalue weighted by molar-refractivity contribution is 6.02. The first-order valence-electron chi connectivity index (χ1n) is 7.99. The summed E-state index contributed by atoms with van der Waals surface area (Å²) in [4.78, 5) is 14.1. The molecule has 0 unspecified atom stereocenters. The summed E-state index contributed by atoms with van der Waals surface area (Å²) in [7, 11) is 0. The van der Waals surface area contributed by atoms with E-state index in [1.54, 1.807) is 6.07 Å². The topological polar surface area (TPSA) is 64.9 Å². The van der Waals surface area contributed by atoms with Crippen LogP contribution in [-0.2, 0) is 4.79 Å². The van der Waals surface area contributed by atoms with Crippen LogP contribution < -0.4 is 5.43 Å². The van der Waals surface area contributed by atoms with E-state index in [0.29, 0.717) is 12.1 Å². The highest BCUT2D eigenvalue weighted by Gasteiger charge is 2.13. The number of hydrazone groups is 1. The maximum absolute atomic E-state index is 11.9. The smallest absolute Gasteiger partial charge is 0.254 e. The molecule has 1 aliphatic rings. The van der Waals surface area contributed by atoms with Gasteiger partial charge in [0.1, 0.15) is 5.75 Å². The van der Waals surface area contributed by atoms with Gasteiger partial charge < -0.3 is 5.11 Å². The number of hydrogen-bond donors (Lipinski definition) is 2. The van der Waals surface area contributed by atoms with Crippen LogP contribution in [0.25, 0.3) is 10.8 Å². The maximum atomic E-state index is 11.9. The van der Waals surface area contributed by atoms with Crippen LogP contribution in [0.4, 0.5) is 0 Å². The Morgan fingerprint density at radius 1 is 1.17 bits per heavy atom. The Morgan fingerprint density at radius 3 is 2.78 bits per heavy atom. The minimum Gasteiger partial charge on any atom is -0.507 e. The van der Waals surface area contributed by atoms with Gasteiger partial charge in [0.15, 0.2) is 0 Å². The van der Waals surface area contributed by atoms with Gasteiger partial charge in [-0.25, -0.2) is 5.43 Å². The van der Waals surface area contributed by atoms with Crippen LogP contribution in [0.2, 0.25) is 0 Å². The second-order valence-electron chi connectivity index (χ2n) is 5.85. The van der Waals surface area contributed by atoms with E-state index in [9.17, 15) is 9.90 Å². The molecule has 0 spiro atoms. The molecule has 1 fully saturated rings. The molecule has 0 saturated carbocycles. The molecule has 5 nitrogen and oxygen atoms in total. The number of phenols is 1. The average molecular weight is 311 g/mol. The molecule has 0 aliphatic carbocycles. The Hall–Kier alpha value is -2.40. The van der Waals surface area contributed by atoms with Crippen LogP contribution in [0.15, 0.2) is 41.5 Å². The first-order chi connectivity index (χ1) is 11.2. The normalized spacial score (nSPS) is 16.0. The monoisotopic (exact) mass is 311 g/mol. The summed E-state index contributed by atoms with van der Waals surface area (Å²) in [6, 6.07) is 11.2. The largest absolute Gasteiger partial charge is 0.507 e. The number of amides is 1. The SMILES string of the molecule is O=C(CN1CCCCC1)N/N=C\c1c(O)ccc2ccccc12. The van der Waals surface area contributed by atoms with E-state index < -0.39 is 0 Å². The second-order valence-corrected chi connectivity index (χ2v) is 5.85. The van der Waals surface area contributed by atoms with Gasteiger partial charge in [0.25, 0.3) is 5.91 Å². The lowest BCUT2D eigenvalue weighted by Crippen LogP contribution is -2.38. The Labute approximate surface area is 135 Å². The number of carbonyl (C=O) groups excluding carboxylic acids is 1. The Balaban J connectivity index is 1.66. The third kappa shape index (κ3) is 3.87. The molecule has 2 N–H and O–H groups in total. The minimum absolute atomic E-state index is 0.122. The standard InChI is InChI=1S/C18H21N3O2/c22-17-9-8-14-6-2-3-7-15(14)16(17)12-19-20-18(23)13-21-10-4-1-5-11-21/h2-3,6-9,12,22H,1,4-5,10-11,13H2,(H,20,23)/b19-12-. The zero-order valence-electron chi connectivity index (χ0n) is 13.0. The quantitative estimate of drug-likeness (QED) is 0.673. The molecule has 23 heavy (non-hydrogen) atoms. The summed E-state index contributed by atoms with van der Waals surface area (Å²) >= 11 is 0. The fourth-order valence-electron chi connectivity index (χ4n) is 2.94. The van der Waals surface area contributed by atoms with Crippen LogP contribution >= 0.6 is 0 Å². The van der Waals surface area contributed by atoms with Crippen molar-refractivity contribution in [1.82, 2.24) is 10.3 Å². The van der Waals surface area contributed by atoms with Crippen molar-refractivity contribution >= 4 is 22.9 Å². The summed E-state index contributed by atoms with van der Waals surface area (Å²) in [6.07, 6.45) is 5.06. The van der Waals surface area contributed by atoms with Crippen molar-refractivity contribution in [3.63, 3.8) is 0 Å². The van der Waals surface area contributed by atoms with Crippen LogP contribution in [0.1, 0.15) is 24.8 Å². The highest BCUT2D eigenvalue weighted by atomic mass is 16.3. The number of nitrogens with one attached hydrogen (secondary N) is 1. The van der Waals surface area contributed by atoms with E-state index in [-0.39, 0.29) is 11.7 Å². The predicted octanol–water partition coefficient (Wildman–Crippen LogP) is 2.48. The molecule has 3 rings (SSSR count). The third-order valence-electron chi connectivity index (χ3n) is 4.15. The number of benzene rings is 2. The van der Waals surface area contributed by atoms with E-state index in [2.05, 4.69) is 15.4 Å². The van der Waals surface area contributed by atoms with Crippen molar-refractivity contribution < 1.29 is 9.90 Å². The van der Waals surface area contributed by atoms with Gasteiger partial charge in [0.2, 0.25) is 0 Å². The van der Waals surface area contributed by atoms with Crippen molar-refractivity contribution in [3.8, 4) is 5.75 Å². The highest BCUT2D eigenvalue weighted by Crippen LogP contribution is 2.25. The second kappa shape index (κ2) is 7.24. The zero-order chi connectivity index (χ0) is 16.1. The molecule has 120 valence electrons. The summed E-state index contributed by atoms with van der Waals surface area (Å²) in [6.45, 7) is 2.32. The third-order valence-corrected chi connectivity index (χ3v) is 4.15. The molecule has 1 heterocycles. The lowest BCUT2D eigenvalue weighted by atomic mass is 10.0. The minimum atomic E-state index is -0.122. The Kier molecular flexibility index (Phi) is 4.88. The summed E-state index contributed by atoms with van der Waals surface area (Å²) < 4.78 is 0. The van der Waals surface area contributed by atoms with Crippen molar-refractivity contribution in [2.24, 2.45) is 5.10 Å². The van der Waals surface area contributed by atoms with E-state index >= 15 is 0 Å². The fraction of sp³-hybridized carbons (Fsp3) is 0.333. The number of piperidine rings is 1. The van der Waals surface area contributed by atoms with E-state index in [0.717, 1.165) is 36.7 Å². The molecule has 1 amide bonds. The van der Waals surface area contributed by atoms with Gasteiger partial charge in [-0.1, -0.05) is 36.8 Å². The number of aromatic hydroxyl groups is 1. The van der Waals surface area contributed by atoms with Crippen LogP contribution in [0, 0.1) is 0 Å². The summed E-state index contributed by atoms with van der Waals surface area (Å²) in [5, 5.41) is 16.0. The Bertz CT molecular complexity index is 721. The number of rotatable bonds is 4. The molecule has 2 aromatic carbocycles. The molecule has 1 saturated heterocycles. The van der Waals surface area contributed by atoms with Gasteiger partial charge in [-0.15, -0.1) is 0 Å². The van der Waals surface area contributed by atoms with E-state index in [1.807, 2.05) is 30.3 Å².